The van der Waals surface area contributed by atoms with Crippen molar-refractivity contribution in [2.45, 2.75) is 19.0 Å². The number of benzene rings is 2. The van der Waals surface area contributed by atoms with E-state index in [9.17, 15) is 14.7 Å². The molecule has 0 bridgehead atoms. The number of hydrogen-bond acceptors (Lipinski definition) is 4. The maximum atomic E-state index is 12.9. The van der Waals surface area contributed by atoms with Gasteiger partial charge in [-0.3, -0.25) is 9.59 Å². The lowest BCUT2D eigenvalue weighted by atomic mass is 9.95. The van der Waals surface area contributed by atoms with Crippen LogP contribution in [0.25, 0.3) is 5.76 Å². The van der Waals surface area contributed by atoms with Gasteiger partial charge in [0.25, 0.3) is 11.7 Å². The summed E-state index contributed by atoms with van der Waals surface area (Å²) in [5.41, 5.74) is 1.31. The number of imidazole rings is 1. The molecule has 1 aromatic heterocycles. The molecule has 4 rings (SSSR count). The summed E-state index contributed by atoms with van der Waals surface area (Å²) in [6, 6.07) is 15.2. The van der Waals surface area contributed by atoms with Crippen LogP contribution in [0, 0.1) is 0 Å². The average molecular weight is 422 g/mol. The standard InChI is InChI=1S/C23H20ClN3O3/c24-18-9-7-17(8-10-18)21(28)19-20(16-5-2-1-3-6-16)27(23(30)22(19)29)13-4-12-26-14-11-25-15-26/h1-3,5-11,14-15,20,28H,4,12-13H2/b21-19+. The van der Waals surface area contributed by atoms with Gasteiger partial charge in [-0.05, 0) is 36.2 Å². The molecule has 6 nitrogen and oxygen atoms in total. The first-order chi connectivity index (χ1) is 14.6. The summed E-state index contributed by atoms with van der Waals surface area (Å²) in [4.78, 5) is 31.3. The van der Waals surface area contributed by atoms with Gasteiger partial charge in [0.2, 0.25) is 0 Å². The number of Topliss-reactive ketones (excluding diaryl/α,β-unsaturated/α-hetero) is 1. The Labute approximate surface area is 179 Å². The average Bonchev–Trinajstić information content (AvgIpc) is 3.37. The van der Waals surface area contributed by atoms with E-state index in [0.29, 0.717) is 30.1 Å². The molecule has 1 unspecified atom stereocenters. The minimum absolute atomic E-state index is 0.0937. The second-order valence-corrected chi connectivity index (χ2v) is 7.50. The predicted octanol–water partition coefficient (Wildman–Crippen LogP) is 4.05. The van der Waals surface area contributed by atoms with Gasteiger partial charge in [-0.1, -0.05) is 41.9 Å². The summed E-state index contributed by atoms with van der Waals surface area (Å²) in [7, 11) is 0. The second-order valence-electron chi connectivity index (χ2n) is 7.06. The zero-order valence-electron chi connectivity index (χ0n) is 16.1. The molecule has 1 N–H and O–H groups in total. The SMILES string of the molecule is O=C1C(=O)N(CCCn2ccnc2)C(c2ccccc2)/C1=C(\O)c1ccc(Cl)cc1. The monoisotopic (exact) mass is 421 g/mol. The van der Waals surface area contributed by atoms with Crippen LogP contribution in [0.3, 0.4) is 0 Å². The highest BCUT2D eigenvalue weighted by Gasteiger charge is 2.45. The molecule has 7 heteroatoms. The Kier molecular flexibility index (Phi) is 5.68. The number of aryl methyl sites for hydroxylation is 1. The Morgan fingerprint density at radius 2 is 1.77 bits per heavy atom. The maximum Gasteiger partial charge on any atom is 0.295 e. The number of likely N-dealkylation sites (tertiary alicyclic amines) is 1. The van der Waals surface area contributed by atoms with Gasteiger partial charge < -0.3 is 14.6 Å². The van der Waals surface area contributed by atoms with Crippen LogP contribution in [0.1, 0.15) is 23.6 Å². The third kappa shape index (κ3) is 3.86. The number of amides is 1. The van der Waals surface area contributed by atoms with E-state index < -0.39 is 17.7 Å². The molecule has 1 aliphatic rings. The molecule has 1 aliphatic heterocycles. The molecule has 152 valence electrons. The van der Waals surface area contributed by atoms with E-state index in [1.165, 1.54) is 4.90 Å². The van der Waals surface area contributed by atoms with Crippen LogP contribution in [0.4, 0.5) is 0 Å². The number of halogens is 1. The predicted molar refractivity (Wildman–Crippen MR) is 114 cm³/mol. The summed E-state index contributed by atoms with van der Waals surface area (Å²) in [6.45, 7) is 1.04. The minimum Gasteiger partial charge on any atom is -0.507 e. The van der Waals surface area contributed by atoms with E-state index in [-0.39, 0.29) is 11.3 Å². The van der Waals surface area contributed by atoms with Crippen molar-refractivity contribution in [2.75, 3.05) is 6.54 Å². The van der Waals surface area contributed by atoms with E-state index in [1.54, 1.807) is 36.8 Å². The molecule has 1 saturated heterocycles. The van der Waals surface area contributed by atoms with Crippen LogP contribution >= 0.6 is 11.6 Å². The normalized spacial score (nSPS) is 18.2. The largest absolute Gasteiger partial charge is 0.507 e. The summed E-state index contributed by atoms with van der Waals surface area (Å²) < 4.78 is 1.92. The van der Waals surface area contributed by atoms with Crippen LogP contribution < -0.4 is 0 Å². The lowest BCUT2D eigenvalue weighted by Crippen LogP contribution is -2.31. The van der Waals surface area contributed by atoms with Crippen molar-refractivity contribution < 1.29 is 14.7 Å². The molecule has 30 heavy (non-hydrogen) atoms. The number of aliphatic hydroxyl groups is 1. The van der Waals surface area contributed by atoms with Gasteiger partial charge in [0.1, 0.15) is 5.76 Å². The summed E-state index contributed by atoms with van der Waals surface area (Å²) in [6.07, 6.45) is 5.91. The molecule has 0 aliphatic carbocycles. The number of aromatic nitrogens is 2. The van der Waals surface area contributed by atoms with Gasteiger partial charge in [-0.25, -0.2) is 4.98 Å². The van der Waals surface area contributed by atoms with Gasteiger partial charge in [-0.2, -0.15) is 0 Å². The van der Waals surface area contributed by atoms with Crippen LogP contribution in [0.2, 0.25) is 5.02 Å². The summed E-state index contributed by atoms with van der Waals surface area (Å²) in [5.74, 6) is -1.49. The topological polar surface area (TPSA) is 75.4 Å². The molecule has 0 radical (unpaired) electrons. The number of rotatable bonds is 6. The highest BCUT2D eigenvalue weighted by Crippen LogP contribution is 2.39. The number of aliphatic hydroxyl groups excluding tert-OH is 1. The molecule has 1 fully saturated rings. The van der Waals surface area contributed by atoms with Gasteiger partial charge in [0.05, 0.1) is 17.9 Å². The third-order valence-electron chi connectivity index (χ3n) is 5.15. The first-order valence-electron chi connectivity index (χ1n) is 9.61. The number of carbonyl (C=O) groups is 2. The van der Waals surface area contributed by atoms with Crippen molar-refractivity contribution in [1.29, 1.82) is 0 Å². The Morgan fingerprint density at radius 3 is 2.43 bits per heavy atom. The number of ketones is 1. The van der Waals surface area contributed by atoms with Crippen molar-refractivity contribution in [2.24, 2.45) is 0 Å². The quantitative estimate of drug-likeness (QED) is 0.370. The Bertz CT molecular complexity index is 1080. The van der Waals surface area contributed by atoms with Gasteiger partial charge in [-0.15, -0.1) is 0 Å². The molecule has 2 heterocycles. The second kappa shape index (κ2) is 8.55. The van der Waals surface area contributed by atoms with E-state index in [4.69, 9.17) is 11.6 Å². The van der Waals surface area contributed by atoms with Crippen LogP contribution in [-0.2, 0) is 16.1 Å². The number of hydrogen-bond donors (Lipinski definition) is 1. The minimum atomic E-state index is -0.682. The van der Waals surface area contributed by atoms with Crippen molar-refractivity contribution >= 4 is 29.1 Å². The Balaban J connectivity index is 1.71. The molecule has 3 aromatic rings. The third-order valence-corrected chi connectivity index (χ3v) is 5.40. The molecule has 1 amide bonds. The fraction of sp³-hybridized carbons (Fsp3) is 0.174. The van der Waals surface area contributed by atoms with Crippen LogP contribution in [0.15, 0.2) is 78.9 Å². The summed E-state index contributed by atoms with van der Waals surface area (Å²) >= 11 is 5.94. The zero-order chi connectivity index (χ0) is 21.1. The summed E-state index contributed by atoms with van der Waals surface area (Å²) in [5, 5.41) is 11.5. The van der Waals surface area contributed by atoms with Crippen molar-refractivity contribution in [3.05, 3.63) is 95.0 Å². The van der Waals surface area contributed by atoms with Crippen molar-refractivity contribution in [3.8, 4) is 0 Å². The lowest BCUT2D eigenvalue weighted by Gasteiger charge is -2.25. The first kappa shape index (κ1) is 19.9. The highest BCUT2D eigenvalue weighted by atomic mass is 35.5. The van der Waals surface area contributed by atoms with Gasteiger partial charge in [0, 0.05) is 36.1 Å². The molecule has 0 saturated carbocycles. The Hall–Kier alpha value is -3.38. The van der Waals surface area contributed by atoms with E-state index >= 15 is 0 Å². The molecule has 1 atom stereocenters. The van der Waals surface area contributed by atoms with E-state index in [0.717, 1.165) is 5.56 Å². The van der Waals surface area contributed by atoms with E-state index in [1.807, 2.05) is 41.1 Å². The molecular weight excluding hydrogens is 402 g/mol. The van der Waals surface area contributed by atoms with Gasteiger partial charge in [0.15, 0.2) is 0 Å². The molecule has 2 aromatic carbocycles. The van der Waals surface area contributed by atoms with Gasteiger partial charge >= 0.3 is 0 Å². The highest BCUT2D eigenvalue weighted by molar-refractivity contribution is 6.46. The first-order valence-corrected chi connectivity index (χ1v) is 9.99. The smallest absolute Gasteiger partial charge is 0.295 e. The number of nitrogens with zero attached hydrogens (tertiary/aromatic N) is 3. The fourth-order valence-corrected chi connectivity index (χ4v) is 3.82. The molecular formula is C23H20ClN3O3. The molecule has 0 spiro atoms. The van der Waals surface area contributed by atoms with Crippen molar-refractivity contribution in [3.63, 3.8) is 0 Å². The zero-order valence-corrected chi connectivity index (χ0v) is 16.9. The van der Waals surface area contributed by atoms with E-state index in [2.05, 4.69) is 4.98 Å². The fourth-order valence-electron chi connectivity index (χ4n) is 3.70. The van der Waals surface area contributed by atoms with Crippen molar-refractivity contribution in [1.82, 2.24) is 14.5 Å². The number of carbonyl (C=O) groups excluding carboxylic acids is 2. The maximum absolute atomic E-state index is 12.9. The Morgan fingerprint density at radius 1 is 1.03 bits per heavy atom. The van der Waals surface area contributed by atoms with Crippen LogP contribution in [-0.4, -0.2) is 37.8 Å². The lowest BCUT2D eigenvalue weighted by molar-refractivity contribution is -0.139. The van der Waals surface area contributed by atoms with Crippen LogP contribution in [0.5, 0.6) is 0 Å².